The van der Waals surface area contributed by atoms with Crippen molar-refractivity contribution in [3.8, 4) is 33.4 Å². The van der Waals surface area contributed by atoms with Crippen molar-refractivity contribution < 1.29 is 70.4 Å². The van der Waals surface area contributed by atoms with Crippen molar-refractivity contribution in [3.05, 3.63) is 181 Å². The van der Waals surface area contributed by atoms with Gasteiger partial charge >= 0.3 is 36.2 Å². The molecule has 0 spiro atoms. The maximum absolute atomic E-state index is 13.6. The van der Waals surface area contributed by atoms with E-state index in [9.17, 15) is 41.9 Å². The Balaban J connectivity index is 0.000000143. The number of amides is 3. The van der Waals surface area contributed by atoms with E-state index in [-0.39, 0.29) is 143 Å². The lowest BCUT2D eigenvalue weighted by molar-refractivity contribution is -0.145. The van der Waals surface area contributed by atoms with Gasteiger partial charge < -0.3 is 44.4 Å². The van der Waals surface area contributed by atoms with E-state index >= 15 is 0 Å². The third-order valence-corrected chi connectivity index (χ3v) is 24.5. The van der Waals surface area contributed by atoms with Crippen LogP contribution in [0.5, 0.6) is 0 Å². The monoisotopic (exact) mass is 1480 g/mol. The molecule has 3 N–H and O–H groups in total. The van der Waals surface area contributed by atoms with Crippen LogP contribution >= 0.6 is 0 Å². The number of nitrogens with zero attached hydrogens (tertiary/aromatic N) is 3. The Morgan fingerprint density at radius 3 is 0.944 bits per heavy atom. The first-order valence-electron chi connectivity index (χ1n) is 38.9. The third-order valence-electron chi connectivity index (χ3n) is 24.5. The Hall–Kier alpha value is -9.66. The van der Waals surface area contributed by atoms with Gasteiger partial charge in [0.1, 0.15) is 35.8 Å². The predicted molar refractivity (Wildman–Crippen MR) is 402 cm³/mol. The van der Waals surface area contributed by atoms with Crippen molar-refractivity contribution in [3.63, 3.8) is 0 Å². The Labute approximate surface area is 630 Å². The van der Waals surface area contributed by atoms with Crippen LogP contribution in [0.2, 0.25) is 0 Å². The second-order valence-corrected chi connectivity index (χ2v) is 30.8. The van der Waals surface area contributed by atoms with E-state index in [0.29, 0.717) is 55.3 Å². The number of esters is 3. The van der Waals surface area contributed by atoms with E-state index in [1.165, 1.54) is 36.4 Å². The molecule has 21 atom stereocenters. The van der Waals surface area contributed by atoms with Gasteiger partial charge in [0.2, 0.25) is 0 Å². The summed E-state index contributed by atoms with van der Waals surface area (Å²) in [5, 5.41) is 9.00. The number of cyclic esters (lactones) is 3. The van der Waals surface area contributed by atoms with Gasteiger partial charge in [0.15, 0.2) is 0 Å². The highest BCUT2D eigenvalue weighted by atomic mass is 19.1. The van der Waals surface area contributed by atoms with Crippen LogP contribution in [0.25, 0.3) is 51.6 Å². The molecule has 6 heterocycles. The fourth-order valence-corrected chi connectivity index (χ4v) is 19.9. The SMILES string of the molecule is CCOC(=O)N[C@@H]1CC[C@@H]2[C@H](C1)C[C@@H]1C(=O)O[C@H](C)[C@@H]1[C@H]2/C=C/c1ccc(-c2cccc(F)c2)cn1.CCOC(=O)N[C@@H]1CC[C@@H]2[C@H](C1)C[C@H]1C(=O)O[C@@H](C)[C@H]1[C@@H]2/C=C/c1ccc(-c2cccc(F)c2)cn1.CCOC(=O)N[C@@H]1CC[C@H]2[C@H](C1)C[C@@H]1C(=O)O[C@@H](C)[C@@H]1[C@@H]2/C=C/c1ccc(-c2cccc(F)c2)cn1. The lowest BCUT2D eigenvalue weighted by atomic mass is 9.57. The molecular formula is C87H99F3N6O12. The molecule has 3 amide bonds. The van der Waals surface area contributed by atoms with Crippen LogP contribution < -0.4 is 16.0 Å². The molecule has 3 saturated heterocycles. The maximum atomic E-state index is 13.6. The van der Waals surface area contributed by atoms with Crippen LogP contribution in [0.4, 0.5) is 27.6 Å². The first-order valence-corrected chi connectivity index (χ1v) is 38.9. The molecule has 15 rings (SSSR count). The highest BCUT2D eigenvalue weighted by Crippen LogP contribution is 2.57. The first kappa shape index (κ1) is 76.5. The molecule has 570 valence electrons. The van der Waals surface area contributed by atoms with Crippen LogP contribution in [0.15, 0.2) is 146 Å². The zero-order valence-corrected chi connectivity index (χ0v) is 62.2. The van der Waals surface area contributed by atoms with Crippen molar-refractivity contribution in [1.29, 1.82) is 0 Å². The van der Waals surface area contributed by atoms with Gasteiger partial charge in [0, 0.05) is 71.2 Å². The molecule has 3 aliphatic heterocycles. The summed E-state index contributed by atoms with van der Waals surface area (Å²) in [4.78, 5) is 87.7. The van der Waals surface area contributed by atoms with Gasteiger partial charge in [-0.2, -0.15) is 0 Å². The minimum absolute atomic E-state index is 0.0679. The summed E-state index contributed by atoms with van der Waals surface area (Å²) in [5.41, 5.74) is 7.43. The molecule has 6 aromatic rings. The van der Waals surface area contributed by atoms with Crippen molar-refractivity contribution >= 4 is 54.4 Å². The summed E-state index contributed by atoms with van der Waals surface area (Å²) >= 11 is 0. The number of hydrogen-bond donors (Lipinski definition) is 3. The largest absolute Gasteiger partial charge is 0.462 e. The number of allylic oxidation sites excluding steroid dienone is 3. The minimum Gasteiger partial charge on any atom is -0.462 e. The first-order chi connectivity index (χ1) is 52.3. The van der Waals surface area contributed by atoms with Crippen molar-refractivity contribution in [1.82, 2.24) is 30.9 Å². The fraction of sp³-hybridized carbons (Fsp3) is 0.483. The standard InChI is InChI=1S/3C29H33FN2O4/c3*1-3-35-29(34)32-23-10-11-24-20(14-23)15-26-27(17(2)36-28(26)33)25(24)12-9-22-8-7-19(16-31-22)18-5-4-6-21(30)13-18/h3*4-9,12-13,16-17,20,23-27H,3,10-11,14-15H2,1-2H3,(H,32,34)/b3*12-9+/t17-,20+,23+,24+,25+,26+,27-;17-,20+,23+,24-,25+,26-,27+;17-,20-,23-,24-,25+,26+,27-/m001/s1. The number of halogens is 3. The lowest BCUT2D eigenvalue weighted by Gasteiger charge is -2.47. The van der Waals surface area contributed by atoms with Crippen LogP contribution in [0, 0.1) is 106 Å². The van der Waals surface area contributed by atoms with Crippen molar-refractivity contribution in [2.45, 2.75) is 155 Å². The van der Waals surface area contributed by atoms with Gasteiger partial charge in [-0.3, -0.25) is 29.3 Å². The van der Waals surface area contributed by atoms with Gasteiger partial charge in [-0.1, -0.05) is 72.8 Å². The number of hydrogen-bond acceptors (Lipinski definition) is 15. The summed E-state index contributed by atoms with van der Waals surface area (Å²) < 4.78 is 73.0. The number of carbonyl (C=O) groups excluding carboxylic acids is 6. The van der Waals surface area contributed by atoms with Crippen molar-refractivity contribution in [2.24, 2.45) is 88.8 Å². The average Bonchev–Trinajstić information content (AvgIpc) is 1.54. The van der Waals surface area contributed by atoms with Gasteiger partial charge in [-0.15, -0.1) is 0 Å². The quantitative estimate of drug-likeness (QED) is 0.0641. The van der Waals surface area contributed by atoms with Crippen LogP contribution in [-0.2, 0) is 42.8 Å². The van der Waals surface area contributed by atoms with E-state index in [1.54, 1.807) is 57.6 Å². The molecule has 21 heteroatoms. The Kier molecular flexibility index (Phi) is 24.6. The third kappa shape index (κ3) is 17.9. The number of benzene rings is 3. The Bertz CT molecular complexity index is 3830. The predicted octanol–water partition coefficient (Wildman–Crippen LogP) is 16.9. The van der Waals surface area contributed by atoms with E-state index in [4.69, 9.17) is 28.4 Å². The number of ether oxygens (including phenoxy) is 6. The molecular weight excluding hydrogens is 1380 g/mol. The van der Waals surface area contributed by atoms with Crippen LogP contribution in [-0.4, -0.2) is 107 Å². The number of nitrogens with one attached hydrogen (secondary N) is 3. The number of pyridine rings is 3. The summed E-state index contributed by atoms with van der Waals surface area (Å²) in [6.45, 7) is 12.5. The van der Waals surface area contributed by atoms with Crippen LogP contribution in [0.1, 0.15) is 136 Å². The molecule has 0 bridgehead atoms. The molecule has 0 radical (unpaired) electrons. The molecule has 0 unspecified atom stereocenters. The molecule has 6 aliphatic carbocycles. The molecule has 6 saturated carbocycles. The highest BCUT2D eigenvalue weighted by molar-refractivity contribution is 5.78. The normalized spacial score (nSPS) is 31.4. The number of rotatable bonds is 15. The van der Waals surface area contributed by atoms with E-state index in [2.05, 4.69) is 49.1 Å². The van der Waals surface area contributed by atoms with Crippen LogP contribution in [0.3, 0.4) is 0 Å². The molecule has 3 aromatic carbocycles. The lowest BCUT2D eigenvalue weighted by Crippen LogP contribution is -2.48. The van der Waals surface area contributed by atoms with Gasteiger partial charge in [0.05, 0.1) is 54.7 Å². The average molecular weight is 1480 g/mol. The topological polar surface area (TPSA) is 233 Å². The highest BCUT2D eigenvalue weighted by Gasteiger charge is 2.58. The maximum Gasteiger partial charge on any atom is 0.407 e. The molecule has 18 nitrogen and oxygen atoms in total. The number of aromatic nitrogens is 3. The van der Waals surface area contributed by atoms with E-state index < -0.39 is 0 Å². The van der Waals surface area contributed by atoms with Gasteiger partial charge in [0.25, 0.3) is 0 Å². The Morgan fingerprint density at radius 1 is 0.407 bits per heavy atom. The fourth-order valence-electron chi connectivity index (χ4n) is 19.9. The smallest absolute Gasteiger partial charge is 0.407 e. The number of alkyl carbamates (subject to hydrolysis) is 3. The molecule has 9 aliphatic rings. The number of fused-ring (bicyclic) bond motifs is 6. The zero-order valence-electron chi connectivity index (χ0n) is 62.2. The minimum atomic E-state index is -0.368. The zero-order chi connectivity index (χ0) is 75.7. The summed E-state index contributed by atoms with van der Waals surface area (Å²) in [6.07, 6.45) is 27.2. The summed E-state index contributed by atoms with van der Waals surface area (Å²) in [5.74, 6) is 1.89. The molecule has 9 fully saturated rings. The molecule has 108 heavy (non-hydrogen) atoms. The van der Waals surface area contributed by atoms with Gasteiger partial charge in [-0.05, 0) is 261 Å². The van der Waals surface area contributed by atoms with E-state index in [1.807, 2.05) is 93.6 Å². The number of carbonyl (C=O) groups is 6. The van der Waals surface area contributed by atoms with Crippen molar-refractivity contribution in [2.75, 3.05) is 19.8 Å². The summed E-state index contributed by atoms with van der Waals surface area (Å²) in [6, 6.07) is 31.3. The van der Waals surface area contributed by atoms with Gasteiger partial charge in [-0.25, -0.2) is 27.6 Å². The molecule has 3 aromatic heterocycles. The summed E-state index contributed by atoms with van der Waals surface area (Å²) in [7, 11) is 0. The van der Waals surface area contributed by atoms with E-state index in [0.717, 1.165) is 128 Å². The Morgan fingerprint density at radius 2 is 0.694 bits per heavy atom. The second-order valence-electron chi connectivity index (χ2n) is 30.8. The second kappa shape index (κ2) is 34.7.